The van der Waals surface area contributed by atoms with E-state index in [0.29, 0.717) is 5.88 Å². The molecule has 0 saturated carbocycles. The van der Waals surface area contributed by atoms with Gasteiger partial charge >= 0.3 is 0 Å². The van der Waals surface area contributed by atoms with E-state index in [1.165, 1.54) is 5.69 Å². The lowest BCUT2D eigenvalue weighted by Crippen LogP contribution is -2.15. The maximum absolute atomic E-state index is 5.48. The molecule has 0 fully saturated rings. The number of alkyl halides is 1. The minimum atomic E-state index is 0.577. The third-order valence-corrected chi connectivity index (χ3v) is 1.92. The van der Waals surface area contributed by atoms with Crippen molar-refractivity contribution in [2.75, 3.05) is 12.4 Å². The molecule has 0 bridgehead atoms. The minimum Gasteiger partial charge on any atom is -0.308 e. The average molecular weight is 200 g/mol. The number of halogens is 1. The smallest absolute Gasteiger partial charge is 0.0518 e. The molecule has 0 saturated heterocycles. The van der Waals surface area contributed by atoms with Crippen molar-refractivity contribution in [2.45, 2.75) is 6.54 Å². The quantitative estimate of drug-likeness (QED) is 0.440. The molecule has 0 aliphatic heterocycles. The summed E-state index contributed by atoms with van der Waals surface area (Å²) in [6, 6.07) is 2.00. The van der Waals surface area contributed by atoms with Crippen LogP contribution in [0.1, 0.15) is 5.69 Å². The molecule has 1 N–H and O–H groups in total. The van der Waals surface area contributed by atoms with Gasteiger partial charge in [-0.1, -0.05) is 12.2 Å². The molecule has 1 rings (SSSR count). The van der Waals surface area contributed by atoms with E-state index < -0.39 is 0 Å². The number of hydrogen-bond acceptors (Lipinski definition) is 2. The van der Waals surface area contributed by atoms with Crippen molar-refractivity contribution in [3.8, 4) is 0 Å². The molecule has 1 aromatic heterocycles. The van der Waals surface area contributed by atoms with Gasteiger partial charge in [-0.3, -0.25) is 4.68 Å². The Morgan fingerprint density at radius 1 is 1.62 bits per heavy atom. The molecular formula is C9H14ClN3. The van der Waals surface area contributed by atoms with Gasteiger partial charge in [0.15, 0.2) is 0 Å². The zero-order valence-electron chi connectivity index (χ0n) is 7.70. The van der Waals surface area contributed by atoms with Crippen molar-refractivity contribution in [1.29, 1.82) is 0 Å². The molecule has 0 aliphatic rings. The molecule has 0 atom stereocenters. The summed E-state index contributed by atoms with van der Waals surface area (Å²) in [6.07, 6.45) is 5.74. The topological polar surface area (TPSA) is 29.9 Å². The summed E-state index contributed by atoms with van der Waals surface area (Å²) in [5.41, 5.74) is 1.18. The van der Waals surface area contributed by atoms with Gasteiger partial charge in [0.2, 0.25) is 0 Å². The van der Waals surface area contributed by atoms with Crippen molar-refractivity contribution >= 4 is 11.6 Å². The Morgan fingerprint density at radius 2 is 2.46 bits per heavy atom. The van der Waals surface area contributed by atoms with E-state index in [0.717, 1.165) is 13.1 Å². The van der Waals surface area contributed by atoms with Gasteiger partial charge in [-0.05, 0) is 6.07 Å². The van der Waals surface area contributed by atoms with E-state index in [1.807, 2.05) is 29.9 Å². The van der Waals surface area contributed by atoms with Crippen LogP contribution in [0.15, 0.2) is 24.4 Å². The van der Waals surface area contributed by atoms with Crippen LogP contribution < -0.4 is 5.32 Å². The Labute approximate surface area is 83.4 Å². The van der Waals surface area contributed by atoms with Crippen LogP contribution >= 0.6 is 11.6 Å². The first kappa shape index (κ1) is 10.3. The molecule has 0 amide bonds. The largest absolute Gasteiger partial charge is 0.308 e. The van der Waals surface area contributed by atoms with Gasteiger partial charge in [0.05, 0.1) is 5.69 Å². The van der Waals surface area contributed by atoms with Crippen LogP contribution in [-0.2, 0) is 13.6 Å². The third kappa shape index (κ3) is 3.61. The van der Waals surface area contributed by atoms with Gasteiger partial charge in [0.1, 0.15) is 0 Å². The lowest BCUT2D eigenvalue weighted by atomic mass is 10.4. The maximum Gasteiger partial charge on any atom is 0.0518 e. The molecule has 0 radical (unpaired) electrons. The molecule has 0 spiro atoms. The lowest BCUT2D eigenvalue weighted by molar-refractivity contribution is 0.655. The van der Waals surface area contributed by atoms with Crippen molar-refractivity contribution in [2.24, 2.45) is 7.05 Å². The van der Waals surface area contributed by atoms with E-state index in [1.54, 1.807) is 6.20 Å². The van der Waals surface area contributed by atoms with Crippen LogP contribution in [0, 0.1) is 0 Å². The highest BCUT2D eigenvalue weighted by Gasteiger charge is 1.94. The van der Waals surface area contributed by atoms with Crippen LogP contribution in [0.3, 0.4) is 0 Å². The molecule has 3 nitrogen and oxygen atoms in total. The highest BCUT2D eigenvalue weighted by atomic mass is 35.5. The second-order valence-corrected chi connectivity index (χ2v) is 3.01. The van der Waals surface area contributed by atoms with E-state index >= 15 is 0 Å². The molecule has 1 heterocycles. The molecular weight excluding hydrogens is 186 g/mol. The number of nitrogens with zero attached hydrogens (tertiary/aromatic N) is 2. The Kier molecular flexibility index (Phi) is 4.57. The van der Waals surface area contributed by atoms with Crippen LogP contribution in [-0.4, -0.2) is 22.2 Å². The van der Waals surface area contributed by atoms with Gasteiger partial charge in [-0.2, -0.15) is 5.10 Å². The highest BCUT2D eigenvalue weighted by Crippen LogP contribution is 1.94. The molecule has 13 heavy (non-hydrogen) atoms. The standard InChI is InChI=1S/C9H14ClN3/c1-13-9(4-7-12-13)8-11-6-3-2-5-10/h2-4,7,11H,5-6,8H2,1H3/b3-2+. The maximum atomic E-state index is 5.48. The summed E-state index contributed by atoms with van der Waals surface area (Å²) in [5.74, 6) is 0.577. The number of aryl methyl sites for hydroxylation is 1. The summed E-state index contributed by atoms with van der Waals surface area (Å²) in [4.78, 5) is 0. The fraction of sp³-hybridized carbons (Fsp3) is 0.444. The SMILES string of the molecule is Cn1nccc1CNC/C=C/CCl. The second kappa shape index (κ2) is 5.78. The summed E-state index contributed by atoms with van der Waals surface area (Å²) in [7, 11) is 1.94. The van der Waals surface area contributed by atoms with E-state index in [-0.39, 0.29) is 0 Å². The average Bonchev–Trinajstić information content (AvgIpc) is 2.52. The van der Waals surface area contributed by atoms with E-state index in [2.05, 4.69) is 10.4 Å². The third-order valence-electron chi connectivity index (χ3n) is 1.75. The van der Waals surface area contributed by atoms with Crippen LogP contribution in [0.25, 0.3) is 0 Å². The van der Waals surface area contributed by atoms with Gasteiger partial charge in [-0.25, -0.2) is 0 Å². The van der Waals surface area contributed by atoms with Gasteiger partial charge in [0.25, 0.3) is 0 Å². The normalized spacial score (nSPS) is 11.2. The lowest BCUT2D eigenvalue weighted by Gasteiger charge is -2.01. The molecule has 0 aliphatic carbocycles. The summed E-state index contributed by atoms with van der Waals surface area (Å²) < 4.78 is 1.86. The number of allylic oxidation sites excluding steroid dienone is 1. The first-order chi connectivity index (χ1) is 6.34. The Bertz CT molecular complexity index is 268. The number of aromatic nitrogens is 2. The minimum absolute atomic E-state index is 0.577. The van der Waals surface area contributed by atoms with Gasteiger partial charge in [-0.15, -0.1) is 11.6 Å². The fourth-order valence-electron chi connectivity index (χ4n) is 1.00. The molecule has 1 aromatic rings. The first-order valence-electron chi connectivity index (χ1n) is 4.23. The molecule has 72 valence electrons. The van der Waals surface area contributed by atoms with Gasteiger partial charge in [0, 0.05) is 32.2 Å². The number of rotatable bonds is 5. The Morgan fingerprint density at radius 3 is 3.08 bits per heavy atom. The zero-order chi connectivity index (χ0) is 9.52. The van der Waals surface area contributed by atoms with Crippen molar-refractivity contribution in [3.63, 3.8) is 0 Å². The highest BCUT2D eigenvalue weighted by molar-refractivity contribution is 6.18. The summed E-state index contributed by atoms with van der Waals surface area (Å²) in [5, 5.41) is 7.33. The van der Waals surface area contributed by atoms with Crippen LogP contribution in [0.4, 0.5) is 0 Å². The Balaban J connectivity index is 2.20. The van der Waals surface area contributed by atoms with Crippen molar-refractivity contribution < 1.29 is 0 Å². The second-order valence-electron chi connectivity index (χ2n) is 2.70. The Hall–Kier alpha value is -0.800. The number of nitrogens with one attached hydrogen (secondary N) is 1. The molecule has 0 aromatic carbocycles. The van der Waals surface area contributed by atoms with E-state index in [4.69, 9.17) is 11.6 Å². The monoisotopic (exact) mass is 199 g/mol. The summed E-state index contributed by atoms with van der Waals surface area (Å²) in [6.45, 7) is 1.68. The molecule has 0 unspecified atom stereocenters. The van der Waals surface area contributed by atoms with Crippen molar-refractivity contribution in [1.82, 2.24) is 15.1 Å². The van der Waals surface area contributed by atoms with Crippen LogP contribution in [0.5, 0.6) is 0 Å². The fourth-order valence-corrected chi connectivity index (χ4v) is 1.13. The summed E-state index contributed by atoms with van der Waals surface area (Å²) >= 11 is 5.48. The predicted octanol–water partition coefficient (Wildman–Crippen LogP) is 1.30. The molecule has 4 heteroatoms. The van der Waals surface area contributed by atoms with E-state index in [9.17, 15) is 0 Å². The first-order valence-corrected chi connectivity index (χ1v) is 4.76. The van der Waals surface area contributed by atoms with Crippen molar-refractivity contribution in [3.05, 3.63) is 30.1 Å². The number of hydrogen-bond donors (Lipinski definition) is 1. The van der Waals surface area contributed by atoms with Gasteiger partial charge < -0.3 is 5.32 Å². The van der Waals surface area contributed by atoms with Crippen LogP contribution in [0.2, 0.25) is 0 Å². The predicted molar refractivity (Wildman–Crippen MR) is 54.8 cm³/mol. The zero-order valence-corrected chi connectivity index (χ0v) is 8.46.